The van der Waals surface area contributed by atoms with Gasteiger partial charge in [-0.25, -0.2) is 9.59 Å². The Balaban J connectivity index is 2.98. The standard InChI is InChI=1S/C16H28N2O6/c1-15(2,3)11(17-14(23)24-16(4,5)6)12(20)18-8-9(19)7-10(18)13(21)22/h9-11,19H,7-8H2,1-6H3,(H,17,23)(H,21,22). The number of carboxylic acid groups (broad SMARTS) is 1. The van der Waals surface area contributed by atoms with E-state index in [4.69, 9.17) is 4.74 Å². The van der Waals surface area contributed by atoms with E-state index in [0.717, 1.165) is 4.90 Å². The van der Waals surface area contributed by atoms with Gasteiger partial charge in [0.2, 0.25) is 5.91 Å². The SMILES string of the molecule is CC(C)(C)OC(=O)NC(C(=O)N1CC(O)CC1C(=O)O)C(C)(C)C. The van der Waals surface area contributed by atoms with Gasteiger partial charge in [-0.3, -0.25) is 4.79 Å². The second-order valence-corrected chi connectivity index (χ2v) is 8.18. The normalized spacial score (nSPS) is 22.9. The highest BCUT2D eigenvalue weighted by Crippen LogP contribution is 2.26. The summed E-state index contributed by atoms with van der Waals surface area (Å²) in [5.74, 6) is -1.72. The number of nitrogens with one attached hydrogen (secondary N) is 1. The van der Waals surface area contributed by atoms with Crippen LogP contribution in [-0.4, -0.2) is 63.4 Å². The third-order valence-corrected chi connectivity index (χ3v) is 3.62. The third kappa shape index (κ3) is 5.36. The van der Waals surface area contributed by atoms with Crippen LogP contribution in [0.1, 0.15) is 48.0 Å². The molecule has 1 heterocycles. The molecule has 0 aromatic carbocycles. The fourth-order valence-electron chi connectivity index (χ4n) is 2.53. The zero-order valence-electron chi connectivity index (χ0n) is 15.1. The van der Waals surface area contributed by atoms with Crippen molar-refractivity contribution in [1.29, 1.82) is 0 Å². The lowest BCUT2D eigenvalue weighted by Gasteiger charge is -2.35. The number of likely N-dealkylation sites (tertiary alicyclic amines) is 1. The van der Waals surface area contributed by atoms with Gasteiger partial charge in [-0.2, -0.15) is 0 Å². The maximum absolute atomic E-state index is 12.8. The number of aliphatic hydroxyl groups excluding tert-OH is 1. The Morgan fingerprint density at radius 1 is 1.17 bits per heavy atom. The molecule has 2 amide bonds. The van der Waals surface area contributed by atoms with Gasteiger partial charge in [0.25, 0.3) is 0 Å². The summed E-state index contributed by atoms with van der Waals surface area (Å²) in [7, 11) is 0. The van der Waals surface area contributed by atoms with Crippen LogP contribution >= 0.6 is 0 Å². The van der Waals surface area contributed by atoms with Crippen LogP contribution in [0, 0.1) is 5.41 Å². The number of ether oxygens (including phenoxy) is 1. The van der Waals surface area contributed by atoms with Crippen molar-refractivity contribution in [2.45, 2.75) is 71.8 Å². The molecule has 138 valence electrons. The number of carbonyl (C=O) groups excluding carboxylic acids is 2. The number of hydrogen-bond donors (Lipinski definition) is 3. The number of nitrogens with zero attached hydrogens (tertiary/aromatic N) is 1. The van der Waals surface area contributed by atoms with Crippen LogP contribution in [0.4, 0.5) is 4.79 Å². The quantitative estimate of drug-likeness (QED) is 0.702. The van der Waals surface area contributed by atoms with Gasteiger partial charge in [-0.15, -0.1) is 0 Å². The number of carbonyl (C=O) groups is 3. The van der Waals surface area contributed by atoms with E-state index in [0.29, 0.717) is 0 Å². The fraction of sp³-hybridized carbons (Fsp3) is 0.812. The first-order chi connectivity index (χ1) is 10.7. The number of hydrogen-bond acceptors (Lipinski definition) is 5. The highest BCUT2D eigenvalue weighted by atomic mass is 16.6. The topological polar surface area (TPSA) is 116 Å². The molecule has 8 heteroatoms. The van der Waals surface area contributed by atoms with Crippen LogP contribution in [0.25, 0.3) is 0 Å². The molecule has 0 aromatic heterocycles. The molecule has 1 fully saturated rings. The molecule has 0 spiro atoms. The van der Waals surface area contributed by atoms with Crippen LogP contribution in [-0.2, 0) is 14.3 Å². The minimum atomic E-state index is -1.18. The molecule has 1 saturated heterocycles. The van der Waals surface area contributed by atoms with Crippen LogP contribution in [0.3, 0.4) is 0 Å². The van der Waals surface area contributed by atoms with E-state index in [1.807, 2.05) is 0 Å². The van der Waals surface area contributed by atoms with Gasteiger partial charge >= 0.3 is 12.1 Å². The van der Waals surface area contributed by atoms with Gasteiger partial charge in [0.05, 0.1) is 6.10 Å². The third-order valence-electron chi connectivity index (χ3n) is 3.62. The number of β-amino-alcohol motifs (C(OH)–C–C–N with tert-alkyl or cyclic N) is 1. The second kappa shape index (κ2) is 6.96. The van der Waals surface area contributed by atoms with E-state index >= 15 is 0 Å². The van der Waals surface area contributed by atoms with Gasteiger partial charge < -0.3 is 25.2 Å². The largest absolute Gasteiger partial charge is 0.480 e. The summed E-state index contributed by atoms with van der Waals surface area (Å²) in [5.41, 5.74) is -1.38. The van der Waals surface area contributed by atoms with Gasteiger partial charge in [-0.1, -0.05) is 20.8 Å². The maximum atomic E-state index is 12.8. The molecule has 3 N–H and O–H groups in total. The number of alkyl carbamates (subject to hydrolysis) is 1. The summed E-state index contributed by atoms with van der Waals surface area (Å²) in [4.78, 5) is 37.3. The molecular weight excluding hydrogens is 316 g/mol. The predicted octanol–water partition coefficient (Wildman–Crippen LogP) is 0.972. The van der Waals surface area contributed by atoms with Crippen LogP contribution < -0.4 is 5.32 Å². The van der Waals surface area contributed by atoms with Crippen molar-refractivity contribution in [3.05, 3.63) is 0 Å². The molecular formula is C16H28N2O6. The fourth-order valence-corrected chi connectivity index (χ4v) is 2.53. The molecule has 0 bridgehead atoms. The predicted molar refractivity (Wildman–Crippen MR) is 86.4 cm³/mol. The molecule has 1 rings (SSSR count). The average molecular weight is 344 g/mol. The molecule has 1 aliphatic heterocycles. The van der Waals surface area contributed by atoms with E-state index < -0.39 is 47.2 Å². The Hall–Kier alpha value is -1.83. The molecule has 1 aliphatic rings. The summed E-state index contributed by atoms with van der Waals surface area (Å²) in [6, 6.07) is -2.07. The Bertz CT molecular complexity index is 506. The van der Waals surface area contributed by atoms with Crippen molar-refractivity contribution in [2.75, 3.05) is 6.54 Å². The van der Waals surface area contributed by atoms with E-state index in [2.05, 4.69) is 5.32 Å². The first-order valence-electron chi connectivity index (χ1n) is 7.93. The van der Waals surface area contributed by atoms with Crippen molar-refractivity contribution in [3.63, 3.8) is 0 Å². The zero-order valence-corrected chi connectivity index (χ0v) is 15.1. The number of carboxylic acids is 1. The monoisotopic (exact) mass is 344 g/mol. The smallest absolute Gasteiger partial charge is 0.408 e. The van der Waals surface area contributed by atoms with Gasteiger partial charge in [-0.05, 0) is 26.2 Å². The molecule has 3 unspecified atom stereocenters. The van der Waals surface area contributed by atoms with E-state index in [1.54, 1.807) is 41.5 Å². The summed E-state index contributed by atoms with van der Waals surface area (Å²) >= 11 is 0. The molecule has 3 atom stereocenters. The van der Waals surface area contributed by atoms with Gasteiger partial charge in [0.1, 0.15) is 17.7 Å². The molecule has 0 saturated carbocycles. The van der Waals surface area contributed by atoms with E-state index in [-0.39, 0.29) is 13.0 Å². The van der Waals surface area contributed by atoms with Crippen LogP contribution in [0.15, 0.2) is 0 Å². The maximum Gasteiger partial charge on any atom is 0.408 e. The van der Waals surface area contributed by atoms with Crippen molar-refractivity contribution < 1.29 is 29.3 Å². The van der Waals surface area contributed by atoms with E-state index in [9.17, 15) is 24.6 Å². The minimum absolute atomic E-state index is 0.0234. The summed E-state index contributed by atoms with van der Waals surface area (Å²) in [5, 5.41) is 21.5. The molecule has 24 heavy (non-hydrogen) atoms. The Labute approximate surface area is 142 Å². The first-order valence-corrected chi connectivity index (χ1v) is 7.93. The van der Waals surface area contributed by atoms with Crippen LogP contribution in [0.5, 0.6) is 0 Å². The number of aliphatic hydroxyl groups is 1. The average Bonchev–Trinajstić information content (AvgIpc) is 2.74. The van der Waals surface area contributed by atoms with Crippen molar-refractivity contribution >= 4 is 18.0 Å². The number of amides is 2. The van der Waals surface area contributed by atoms with E-state index in [1.165, 1.54) is 0 Å². The Morgan fingerprint density at radius 2 is 1.71 bits per heavy atom. The highest BCUT2D eigenvalue weighted by Gasteiger charge is 2.44. The lowest BCUT2D eigenvalue weighted by atomic mass is 9.85. The lowest BCUT2D eigenvalue weighted by molar-refractivity contribution is -0.150. The summed E-state index contributed by atoms with van der Waals surface area (Å²) in [6.45, 7) is 10.3. The number of aliphatic carboxylic acids is 1. The van der Waals surface area contributed by atoms with Gasteiger partial charge in [0, 0.05) is 13.0 Å². The Morgan fingerprint density at radius 3 is 2.12 bits per heavy atom. The first kappa shape index (κ1) is 20.2. The van der Waals surface area contributed by atoms with Crippen molar-refractivity contribution in [3.8, 4) is 0 Å². The van der Waals surface area contributed by atoms with Gasteiger partial charge in [0.15, 0.2) is 0 Å². The highest BCUT2D eigenvalue weighted by molar-refractivity contribution is 5.90. The van der Waals surface area contributed by atoms with Crippen molar-refractivity contribution in [2.24, 2.45) is 5.41 Å². The second-order valence-electron chi connectivity index (χ2n) is 8.18. The molecule has 0 radical (unpaired) electrons. The molecule has 0 aromatic rings. The van der Waals surface area contributed by atoms with Crippen LogP contribution in [0.2, 0.25) is 0 Å². The number of rotatable bonds is 3. The van der Waals surface area contributed by atoms with Crippen molar-refractivity contribution in [1.82, 2.24) is 10.2 Å². The lowest BCUT2D eigenvalue weighted by Crippen LogP contribution is -2.57. The minimum Gasteiger partial charge on any atom is -0.480 e. The summed E-state index contributed by atoms with van der Waals surface area (Å²) in [6.07, 6.45) is -1.66. The molecule has 8 nitrogen and oxygen atoms in total. The molecule has 0 aliphatic carbocycles. The Kier molecular flexibility index (Phi) is 5.86. The summed E-state index contributed by atoms with van der Waals surface area (Å²) < 4.78 is 5.19. The zero-order chi connectivity index (χ0) is 18.9.